The Morgan fingerprint density at radius 3 is 2.35 bits per heavy atom. The Morgan fingerprint density at radius 1 is 0.806 bits per heavy atom. The lowest BCUT2D eigenvalue weighted by atomic mass is 9.81. The maximum Gasteiger partial charge on any atom is 0.224 e. The zero-order valence-electron chi connectivity index (χ0n) is 18.8. The standard InChI is InChI=1S/C26H37N5/c1-2-7-18-30(17-6-1)25-14-16-27-26(29-25)28-23-15-19-31(20-23)24-12-10-22(11-13-24)21-8-4-3-5-9-21/h3-5,8-9,14,16,22-24H,1-2,6-7,10-13,15,17-20H2,(H,27,28,29). The summed E-state index contributed by atoms with van der Waals surface area (Å²) in [5, 5.41) is 3.65. The minimum Gasteiger partial charge on any atom is -0.356 e. The van der Waals surface area contributed by atoms with Crippen LogP contribution in [0.4, 0.5) is 11.8 Å². The predicted molar refractivity (Wildman–Crippen MR) is 128 cm³/mol. The number of nitrogens with zero attached hydrogens (tertiary/aromatic N) is 4. The van der Waals surface area contributed by atoms with Crippen LogP contribution in [0.25, 0.3) is 0 Å². The van der Waals surface area contributed by atoms with Crippen LogP contribution in [-0.2, 0) is 0 Å². The van der Waals surface area contributed by atoms with E-state index >= 15 is 0 Å². The fourth-order valence-corrected chi connectivity index (χ4v) is 5.81. The molecule has 5 heteroatoms. The fourth-order valence-electron chi connectivity index (χ4n) is 5.81. The van der Waals surface area contributed by atoms with Gasteiger partial charge in [-0.25, -0.2) is 4.98 Å². The lowest BCUT2D eigenvalue weighted by Crippen LogP contribution is -2.37. The summed E-state index contributed by atoms with van der Waals surface area (Å²) in [5.41, 5.74) is 1.53. The molecule has 2 aliphatic heterocycles. The lowest BCUT2D eigenvalue weighted by Gasteiger charge is -2.35. The van der Waals surface area contributed by atoms with Crippen LogP contribution in [0.2, 0.25) is 0 Å². The van der Waals surface area contributed by atoms with Gasteiger partial charge in [-0.05, 0) is 62.5 Å². The molecule has 3 fully saturated rings. The maximum absolute atomic E-state index is 4.87. The minimum atomic E-state index is 0.464. The van der Waals surface area contributed by atoms with Crippen LogP contribution < -0.4 is 10.2 Å². The van der Waals surface area contributed by atoms with Gasteiger partial charge in [-0.15, -0.1) is 0 Å². The normalized spacial score (nSPS) is 27.7. The van der Waals surface area contributed by atoms with Crippen LogP contribution in [0.5, 0.6) is 0 Å². The van der Waals surface area contributed by atoms with E-state index in [1.807, 2.05) is 6.20 Å². The van der Waals surface area contributed by atoms with Crippen molar-refractivity contribution in [1.29, 1.82) is 0 Å². The van der Waals surface area contributed by atoms with E-state index in [0.29, 0.717) is 6.04 Å². The average molecular weight is 420 g/mol. The Balaban J connectivity index is 1.13. The van der Waals surface area contributed by atoms with Gasteiger partial charge in [-0.1, -0.05) is 43.2 Å². The largest absolute Gasteiger partial charge is 0.356 e. The highest BCUT2D eigenvalue weighted by atomic mass is 15.3. The Morgan fingerprint density at radius 2 is 1.58 bits per heavy atom. The van der Waals surface area contributed by atoms with Crippen LogP contribution in [0.15, 0.2) is 42.6 Å². The van der Waals surface area contributed by atoms with E-state index in [1.165, 1.54) is 69.9 Å². The Labute approximate surface area is 187 Å². The van der Waals surface area contributed by atoms with Gasteiger partial charge >= 0.3 is 0 Å². The van der Waals surface area contributed by atoms with Crippen molar-refractivity contribution in [1.82, 2.24) is 14.9 Å². The van der Waals surface area contributed by atoms with Gasteiger partial charge in [-0.3, -0.25) is 4.90 Å². The van der Waals surface area contributed by atoms with Crippen LogP contribution >= 0.6 is 0 Å². The molecular formula is C26H37N5. The molecular weight excluding hydrogens is 382 g/mol. The molecule has 5 nitrogen and oxygen atoms in total. The van der Waals surface area contributed by atoms with Crippen LogP contribution in [0, 0.1) is 0 Å². The van der Waals surface area contributed by atoms with Crippen molar-refractivity contribution in [3.63, 3.8) is 0 Å². The van der Waals surface area contributed by atoms with Gasteiger partial charge in [-0.2, -0.15) is 4.98 Å². The highest BCUT2D eigenvalue weighted by Crippen LogP contribution is 2.35. The van der Waals surface area contributed by atoms with Crippen molar-refractivity contribution >= 4 is 11.8 Å². The molecule has 1 atom stereocenters. The molecule has 1 aromatic carbocycles. The topological polar surface area (TPSA) is 44.3 Å². The monoisotopic (exact) mass is 419 g/mol. The summed E-state index contributed by atoms with van der Waals surface area (Å²) in [6.45, 7) is 4.57. The first-order valence-corrected chi connectivity index (χ1v) is 12.5. The van der Waals surface area contributed by atoms with E-state index in [1.54, 1.807) is 0 Å². The molecule has 1 aliphatic carbocycles. The van der Waals surface area contributed by atoms with E-state index in [4.69, 9.17) is 4.98 Å². The number of nitrogens with one attached hydrogen (secondary N) is 1. The van der Waals surface area contributed by atoms with E-state index < -0.39 is 0 Å². The highest BCUT2D eigenvalue weighted by molar-refractivity contribution is 5.43. The van der Waals surface area contributed by atoms with Gasteiger partial charge in [0.05, 0.1) is 0 Å². The van der Waals surface area contributed by atoms with Gasteiger partial charge in [0.15, 0.2) is 0 Å². The zero-order chi connectivity index (χ0) is 20.9. The Kier molecular flexibility index (Phi) is 6.68. The summed E-state index contributed by atoms with van der Waals surface area (Å²) in [6, 6.07) is 14.4. The summed E-state index contributed by atoms with van der Waals surface area (Å²) in [5.74, 6) is 2.65. The molecule has 1 aromatic heterocycles. The fraction of sp³-hybridized carbons (Fsp3) is 0.615. The quantitative estimate of drug-likeness (QED) is 0.733. The molecule has 1 unspecified atom stereocenters. The van der Waals surface area contributed by atoms with Gasteiger partial charge < -0.3 is 10.2 Å². The first-order valence-electron chi connectivity index (χ1n) is 12.5. The average Bonchev–Trinajstić information content (AvgIpc) is 3.12. The van der Waals surface area contributed by atoms with Gasteiger partial charge in [0.2, 0.25) is 5.95 Å². The number of likely N-dealkylation sites (tertiary alicyclic amines) is 1. The van der Waals surface area contributed by atoms with Gasteiger partial charge in [0.25, 0.3) is 0 Å². The molecule has 166 valence electrons. The van der Waals surface area contributed by atoms with Crippen LogP contribution in [0.1, 0.15) is 69.3 Å². The van der Waals surface area contributed by atoms with Crippen molar-refractivity contribution in [2.24, 2.45) is 0 Å². The first kappa shape index (κ1) is 20.7. The molecule has 31 heavy (non-hydrogen) atoms. The molecule has 0 spiro atoms. The predicted octanol–water partition coefficient (Wildman–Crippen LogP) is 5.07. The first-order chi connectivity index (χ1) is 15.3. The molecule has 3 aliphatic rings. The van der Waals surface area contributed by atoms with E-state index in [-0.39, 0.29) is 0 Å². The van der Waals surface area contributed by atoms with E-state index in [2.05, 4.69) is 56.5 Å². The Hall–Kier alpha value is -2.14. The number of benzene rings is 1. The minimum absolute atomic E-state index is 0.464. The van der Waals surface area contributed by atoms with Gasteiger partial charge in [0, 0.05) is 44.5 Å². The van der Waals surface area contributed by atoms with E-state index in [9.17, 15) is 0 Å². The summed E-state index contributed by atoms with van der Waals surface area (Å²) in [7, 11) is 0. The van der Waals surface area contributed by atoms with Crippen molar-refractivity contribution in [2.45, 2.75) is 75.8 Å². The third-order valence-electron chi connectivity index (χ3n) is 7.61. The van der Waals surface area contributed by atoms with E-state index in [0.717, 1.165) is 43.4 Å². The molecule has 0 radical (unpaired) electrons. The highest BCUT2D eigenvalue weighted by Gasteiger charge is 2.32. The smallest absolute Gasteiger partial charge is 0.224 e. The summed E-state index contributed by atoms with van der Waals surface area (Å²) < 4.78 is 0. The molecule has 1 saturated carbocycles. The number of aromatic nitrogens is 2. The summed E-state index contributed by atoms with van der Waals surface area (Å²) in [6.07, 6.45) is 13.7. The zero-order valence-corrected chi connectivity index (χ0v) is 18.8. The number of hydrogen-bond acceptors (Lipinski definition) is 5. The van der Waals surface area contributed by atoms with Crippen molar-refractivity contribution < 1.29 is 0 Å². The summed E-state index contributed by atoms with van der Waals surface area (Å²) >= 11 is 0. The van der Waals surface area contributed by atoms with Crippen molar-refractivity contribution in [3.05, 3.63) is 48.2 Å². The second kappa shape index (κ2) is 9.99. The third-order valence-corrected chi connectivity index (χ3v) is 7.61. The number of rotatable bonds is 5. The summed E-state index contributed by atoms with van der Waals surface area (Å²) in [4.78, 5) is 14.6. The maximum atomic E-state index is 4.87. The second-order valence-corrected chi connectivity index (χ2v) is 9.68. The van der Waals surface area contributed by atoms with Crippen LogP contribution in [0.3, 0.4) is 0 Å². The van der Waals surface area contributed by atoms with Crippen LogP contribution in [-0.4, -0.2) is 53.1 Å². The molecule has 2 saturated heterocycles. The Bertz CT molecular complexity index is 810. The van der Waals surface area contributed by atoms with Crippen molar-refractivity contribution in [3.8, 4) is 0 Å². The lowest BCUT2D eigenvalue weighted by molar-refractivity contribution is 0.181. The molecule has 0 bridgehead atoms. The molecule has 3 heterocycles. The SMILES string of the molecule is c1ccc(C2CCC(N3CCC(Nc4nccc(N5CCCCCC5)n4)C3)CC2)cc1. The van der Waals surface area contributed by atoms with Crippen molar-refractivity contribution in [2.75, 3.05) is 36.4 Å². The number of anilines is 2. The number of hydrogen-bond donors (Lipinski definition) is 1. The second-order valence-electron chi connectivity index (χ2n) is 9.68. The molecule has 2 aromatic rings. The molecule has 0 amide bonds. The van der Waals surface area contributed by atoms with Gasteiger partial charge in [0.1, 0.15) is 5.82 Å². The third kappa shape index (κ3) is 5.20. The molecule has 5 rings (SSSR count). The molecule has 1 N–H and O–H groups in total.